The third-order valence-electron chi connectivity index (χ3n) is 5.42. The van der Waals surface area contributed by atoms with Gasteiger partial charge in [0.25, 0.3) is 5.91 Å². The average molecular weight is 491 g/mol. The third kappa shape index (κ3) is 5.32. The Labute approximate surface area is 209 Å². The van der Waals surface area contributed by atoms with E-state index in [1.807, 2.05) is 51.1 Å². The van der Waals surface area contributed by atoms with Crippen molar-refractivity contribution in [1.82, 2.24) is 24.7 Å². The van der Waals surface area contributed by atoms with Gasteiger partial charge >= 0.3 is 0 Å². The highest BCUT2D eigenvalue weighted by molar-refractivity contribution is 7.16. The molecule has 10 heteroatoms. The highest BCUT2D eigenvalue weighted by Gasteiger charge is 2.22. The Balaban J connectivity index is 1.60. The molecule has 3 aromatic heterocycles. The van der Waals surface area contributed by atoms with E-state index < -0.39 is 0 Å². The van der Waals surface area contributed by atoms with E-state index >= 15 is 0 Å². The lowest BCUT2D eigenvalue weighted by Gasteiger charge is -2.16. The molecule has 0 radical (unpaired) electrons. The summed E-state index contributed by atoms with van der Waals surface area (Å²) >= 11 is 1.52. The molecule has 4 rings (SSSR count). The molecule has 3 N–H and O–H groups in total. The monoisotopic (exact) mass is 490 g/mol. The molecule has 0 atom stereocenters. The van der Waals surface area contributed by atoms with Gasteiger partial charge in [0.1, 0.15) is 18.0 Å². The minimum atomic E-state index is -0.207. The van der Waals surface area contributed by atoms with E-state index in [9.17, 15) is 4.79 Å². The number of carbonyl (C=O) groups is 1. The lowest BCUT2D eigenvalue weighted by Crippen LogP contribution is -2.12. The second kappa shape index (κ2) is 9.46. The number of rotatable bonds is 6. The molecule has 9 nitrogen and oxygen atoms in total. The predicted octanol–water partition coefficient (Wildman–Crippen LogP) is 5.38. The molecule has 0 fully saturated rings. The summed E-state index contributed by atoms with van der Waals surface area (Å²) in [6.07, 6.45) is 1.49. The van der Waals surface area contributed by atoms with Crippen molar-refractivity contribution in [2.45, 2.75) is 47.0 Å². The Morgan fingerprint density at radius 1 is 1.06 bits per heavy atom. The number of carbonyl (C=O) groups excluding carboxylic acids is 1. The van der Waals surface area contributed by atoms with Gasteiger partial charge in [0.2, 0.25) is 0 Å². The van der Waals surface area contributed by atoms with E-state index in [1.165, 1.54) is 17.7 Å². The third-order valence-corrected chi connectivity index (χ3v) is 6.92. The number of hydrogen-bond acceptors (Lipinski definition) is 8. The van der Waals surface area contributed by atoms with E-state index in [0.717, 1.165) is 33.3 Å². The zero-order chi connectivity index (χ0) is 25.3. The molecule has 0 saturated carbocycles. The summed E-state index contributed by atoms with van der Waals surface area (Å²) in [6, 6.07) is 9.31. The van der Waals surface area contributed by atoms with Gasteiger partial charge in [-0.15, -0.1) is 11.3 Å². The van der Waals surface area contributed by atoms with Crippen LogP contribution in [0, 0.1) is 20.8 Å². The molecule has 182 valence electrons. The minimum Gasteiger partial charge on any atom is -0.373 e. The van der Waals surface area contributed by atoms with Crippen LogP contribution in [0.3, 0.4) is 0 Å². The fourth-order valence-electron chi connectivity index (χ4n) is 3.71. The summed E-state index contributed by atoms with van der Waals surface area (Å²) in [5.41, 5.74) is 4.07. The summed E-state index contributed by atoms with van der Waals surface area (Å²) < 4.78 is 1.72. The van der Waals surface area contributed by atoms with Gasteiger partial charge in [0, 0.05) is 35.3 Å². The minimum absolute atomic E-state index is 0.0234. The van der Waals surface area contributed by atoms with Crippen LogP contribution in [-0.2, 0) is 5.41 Å². The van der Waals surface area contributed by atoms with Gasteiger partial charge in [-0.2, -0.15) is 9.78 Å². The van der Waals surface area contributed by atoms with Gasteiger partial charge in [-0.25, -0.2) is 15.0 Å². The second-order valence-electron chi connectivity index (χ2n) is 9.39. The van der Waals surface area contributed by atoms with Crippen LogP contribution in [0.5, 0.6) is 0 Å². The number of aromatic nitrogens is 5. The molecule has 3 heterocycles. The number of benzene rings is 1. The van der Waals surface area contributed by atoms with E-state index in [-0.39, 0.29) is 11.3 Å². The molecule has 4 aromatic rings. The molecule has 0 aliphatic rings. The lowest BCUT2D eigenvalue weighted by atomic mass is 9.94. The molecule has 0 spiro atoms. The Morgan fingerprint density at radius 2 is 1.83 bits per heavy atom. The van der Waals surface area contributed by atoms with Crippen LogP contribution < -0.4 is 16.0 Å². The number of hydrogen-bond donors (Lipinski definition) is 3. The maximum absolute atomic E-state index is 13.0. The summed E-state index contributed by atoms with van der Waals surface area (Å²) in [5, 5.41) is 14.6. The topological polar surface area (TPSA) is 110 Å². The van der Waals surface area contributed by atoms with Crippen LogP contribution in [0.25, 0.3) is 5.82 Å². The average Bonchev–Trinajstić information content (AvgIpc) is 3.36. The van der Waals surface area contributed by atoms with E-state index in [1.54, 1.807) is 11.7 Å². The molecule has 0 bridgehead atoms. The van der Waals surface area contributed by atoms with Gasteiger partial charge in [0.05, 0.1) is 11.4 Å². The number of nitrogens with one attached hydrogen (secondary N) is 3. The molecule has 0 saturated heterocycles. The summed E-state index contributed by atoms with van der Waals surface area (Å²) in [6.45, 7) is 12.3. The number of amides is 1. The maximum Gasteiger partial charge on any atom is 0.257 e. The SMILES string of the molecule is CNc1cc(-n2nc(C)cc2Nc2cc(C(=O)Nc3nc(C)c(C(C)(C)C)s3)ccc2C)ncn1. The van der Waals surface area contributed by atoms with Gasteiger partial charge < -0.3 is 10.6 Å². The van der Waals surface area contributed by atoms with Crippen LogP contribution in [0.4, 0.5) is 22.5 Å². The van der Waals surface area contributed by atoms with E-state index in [4.69, 9.17) is 0 Å². The van der Waals surface area contributed by atoms with Crippen LogP contribution in [0.1, 0.15) is 53.0 Å². The van der Waals surface area contributed by atoms with E-state index in [2.05, 4.69) is 56.8 Å². The molecule has 1 amide bonds. The predicted molar refractivity (Wildman–Crippen MR) is 141 cm³/mol. The second-order valence-corrected chi connectivity index (χ2v) is 10.4. The summed E-state index contributed by atoms with van der Waals surface area (Å²) in [7, 11) is 1.80. The number of thiazole rings is 1. The number of aryl methyl sites for hydroxylation is 3. The summed E-state index contributed by atoms with van der Waals surface area (Å²) in [5.74, 6) is 1.84. The van der Waals surface area contributed by atoms with Crippen LogP contribution in [-0.4, -0.2) is 37.7 Å². The Kier molecular flexibility index (Phi) is 6.58. The highest BCUT2D eigenvalue weighted by atomic mass is 32.1. The van der Waals surface area contributed by atoms with Crippen molar-refractivity contribution in [2.75, 3.05) is 23.0 Å². The Morgan fingerprint density at radius 3 is 2.51 bits per heavy atom. The number of anilines is 4. The Bertz CT molecular complexity index is 1380. The normalized spacial score (nSPS) is 11.4. The van der Waals surface area contributed by atoms with Crippen molar-refractivity contribution in [3.05, 3.63) is 64.1 Å². The first-order valence-corrected chi connectivity index (χ1v) is 12.1. The molecule has 0 unspecified atom stereocenters. The molecule has 0 aliphatic heterocycles. The molecular formula is C25H30N8OS. The summed E-state index contributed by atoms with van der Waals surface area (Å²) in [4.78, 5) is 27.3. The Hall–Kier alpha value is -3.79. The van der Waals surface area contributed by atoms with Gasteiger partial charge in [-0.1, -0.05) is 26.8 Å². The first kappa shape index (κ1) is 24.3. The maximum atomic E-state index is 13.0. The number of nitrogens with zero attached hydrogens (tertiary/aromatic N) is 5. The molecule has 1 aromatic carbocycles. The molecular weight excluding hydrogens is 460 g/mol. The first-order chi connectivity index (χ1) is 16.5. The molecule has 35 heavy (non-hydrogen) atoms. The van der Waals surface area contributed by atoms with Gasteiger partial charge in [-0.3, -0.25) is 10.1 Å². The van der Waals surface area contributed by atoms with Crippen LogP contribution in [0.15, 0.2) is 36.7 Å². The van der Waals surface area contributed by atoms with E-state index in [0.29, 0.717) is 22.3 Å². The smallest absolute Gasteiger partial charge is 0.257 e. The van der Waals surface area contributed by atoms with Crippen molar-refractivity contribution in [2.24, 2.45) is 0 Å². The van der Waals surface area contributed by atoms with Gasteiger partial charge in [-0.05, 0) is 43.9 Å². The first-order valence-electron chi connectivity index (χ1n) is 11.3. The van der Waals surface area contributed by atoms with Crippen molar-refractivity contribution >= 4 is 39.7 Å². The fraction of sp³-hybridized carbons (Fsp3) is 0.320. The zero-order valence-corrected chi connectivity index (χ0v) is 21.8. The van der Waals surface area contributed by atoms with Crippen LogP contribution >= 0.6 is 11.3 Å². The fourth-order valence-corrected chi connectivity index (χ4v) is 4.73. The standard InChI is InChI=1S/C25H30N8OS/c1-14-8-9-17(23(34)31-24-29-16(3)22(35-24)25(4,5)6)11-18(14)30-21-10-15(2)32-33(21)20-12-19(26-7)27-13-28-20/h8-13,30H,1-7H3,(H,26,27,28)(H,29,31,34). The van der Waals surface area contributed by atoms with Crippen molar-refractivity contribution in [3.8, 4) is 5.82 Å². The largest absolute Gasteiger partial charge is 0.373 e. The van der Waals surface area contributed by atoms with Crippen molar-refractivity contribution in [3.63, 3.8) is 0 Å². The zero-order valence-electron chi connectivity index (χ0n) is 21.0. The van der Waals surface area contributed by atoms with Crippen molar-refractivity contribution < 1.29 is 4.79 Å². The highest BCUT2D eigenvalue weighted by Crippen LogP contribution is 2.34. The molecule has 0 aliphatic carbocycles. The van der Waals surface area contributed by atoms with Crippen LogP contribution in [0.2, 0.25) is 0 Å². The lowest BCUT2D eigenvalue weighted by molar-refractivity contribution is 0.102. The van der Waals surface area contributed by atoms with Crippen molar-refractivity contribution in [1.29, 1.82) is 0 Å². The quantitative estimate of drug-likeness (QED) is 0.333. The van der Waals surface area contributed by atoms with Gasteiger partial charge in [0.15, 0.2) is 10.9 Å².